The van der Waals surface area contributed by atoms with Crippen molar-refractivity contribution in [1.82, 2.24) is 15.1 Å². The highest BCUT2D eigenvalue weighted by atomic mass is 35.5. The van der Waals surface area contributed by atoms with Crippen LogP contribution >= 0.6 is 37.2 Å². The number of amides is 1. The van der Waals surface area contributed by atoms with Gasteiger partial charge in [-0.15, -0.1) is 37.2 Å². The molecule has 1 amide bonds. The zero-order chi connectivity index (χ0) is 18.6. The Labute approximate surface area is 194 Å². The molecular formula is C21H37Cl3N4O. The third-order valence-corrected chi connectivity index (χ3v) is 6.37. The lowest BCUT2D eigenvalue weighted by atomic mass is 9.83. The molecule has 8 heteroatoms. The summed E-state index contributed by atoms with van der Waals surface area (Å²) in [6, 6.07) is 9.66. The van der Waals surface area contributed by atoms with E-state index in [-0.39, 0.29) is 48.7 Å². The number of likely N-dealkylation sites (tertiary alicyclic amines) is 2. The van der Waals surface area contributed by atoms with Gasteiger partial charge in [-0.1, -0.05) is 36.8 Å². The van der Waals surface area contributed by atoms with Crippen LogP contribution in [0.2, 0.25) is 0 Å². The first-order valence-corrected chi connectivity index (χ1v) is 10.0. The van der Waals surface area contributed by atoms with E-state index in [1.807, 2.05) is 30.3 Å². The number of hydrogen-bond acceptors (Lipinski definition) is 4. The second-order valence-corrected chi connectivity index (χ2v) is 8.33. The Morgan fingerprint density at radius 1 is 1.03 bits per heavy atom. The van der Waals surface area contributed by atoms with E-state index < -0.39 is 5.54 Å². The summed E-state index contributed by atoms with van der Waals surface area (Å²) >= 11 is 0. The number of rotatable bonds is 5. The van der Waals surface area contributed by atoms with Gasteiger partial charge in [-0.2, -0.15) is 0 Å². The molecule has 3 N–H and O–H groups in total. The van der Waals surface area contributed by atoms with Crippen molar-refractivity contribution in [1.29, 1.82) is 0 Å². The largest absolute Gasteiger partial charge is 0.352 e. The molecule has 3 rings (SSSR count). The van der Waals surface area contributed by atoms with E-state index in [2.05, 4.69) is 22.2 Å². The molecule has 29 heavy (non-hydrogen) atoms. The molecule has 0 spiro atoms. The molecule has 5 nitrogen and oxygen atoms in total. The van der Waals surface area contributed by atoms with Crippen LogP contribution in [0.25, 0.3) is 0 Å². The predicted molar refractivity (Wildman–Crippen MR) is 128 cm³/mol. The molecule has 1 aromatic carbocycles. The van der Waals surface area contributed by atoms with Crippen molar-refractivity contribution in [2.75, 3.05) is 39.8 Å². The molecule has 0 radical (unpaired) electrons. The van der Waals surface area contributed by atoms with Gasteiger partial charge in [-0.3, -0.25) is 9.69 Å². The van der Waals surface area contributed by atoms with Gasteiger partial charge in [0.1, 0.15) is 5.54 Å². The Balaban J connectivity index is 0.00000261. The first-order chi connectivity index (χ1) is 12.4. The fourth-order valence-corrected chi connectivity index (χ4v) is 4.35. The van der Waals surface area contributed by atoms with Crippen molar-refractivity contribution in [3.8, 4) is 0 Å². The molecule has 2 saturated heterocycles. The number of nitrogens with one attached hydrogen (secondary N) is 1. The molecule has 2 aliphatic rings. The first-order valence-electron chi connectivity index (χ1n) is 10.0. The SMILES string of the molecule is CN1CCC(CNC(=O)C(C)(N)c2ccccc2)(N2CCCCC2)CC1.Cl.Cl.Cl. The van der Waals surface area contributed by atoms with Crippen LogP contribution in [0.4, 0.5) is 0 Å². The number of carbonyl (C=O) groups excluding carboxylic acids is 1. The highest BCUT2D eigenvalue weighted by molar-refractivity contribution is 5.87. The lowest BCUT2D eigenvalue weighted by Gasteiger charge is -2.50. The first kappa shape index (κ1) is 28.4. The number of carbonyl (C=O) groups is 1. The molecule has 168 valence electrons. The Morgan fingerprint density at radius 3 is 2.14 bits per heavy atom. The van der Waals surface area contributed by atoms with Crippen molar-refractivity contribution in [2.24, 2.45) is 5.73 Å². The highest BCUT2D eigenvalue weighted by Crippen LogP contribution is 2.31. The minimum Gasteiger partial charge on any atom is -0.352 e. The zero-order valence-electron chi connectivity index (χ0n) is 17.6. The molecule has 1 atom stereocenters. The Hall–Kier alpha value is -0.560. The lowest BCUT2D eigenvalue weighted by Crippen LogP contribution is -2.63. The average Bonchev–Trinajstić information content (AvgIpc) is 2.69. The third-order valence-electron chi connectivity index (χ3n) is 6.37. The number of benzene rings is 1. The molecule has 1 aromatic rings. The summed E-state index contributed by atoms with van der Waals surface area (Å²) < 4.78 is 0. The Morgan fingerprint density at radius 2 is 1.59 bits per heavy atom. The monoisotopic (exact) mass is 466 g/mol. The second kappa shape index (κ2) is 12.3. The zero-order valence-corrected chi connectivity index (χ0v) is 20.0. The van der Waals surface area contributed by atoms with Crippen LogP contribution in [-0.2, 0) is 10.3 Å². The summed E-state index contributed by atoms with van der Waals surface area (Å²) in [6.07, 6.45) is 6.08. The normalized spacial score (nSPS) is 21.5. The van der Waals surface area contributed by atoms with Crippen LogP contribution in [-0.4, -0.2) is 61.0 Å². The van der Waals surface area contributed by atoms with E-state index in [1.54, 1.807) is 6.92 Å². The Bertz CT molecular complexity index is 601. The van der Waals surface area contributed by atoms with Crippen LogP contribution in [0.3, 0.4) is 0 Å². The van der Waals surface area contributed by atoms with Crippen molar-refractivity contribution in [2.45, 2.75) is 50.1 Å². The molecule has 2 heterocycles. The second-order valence-electron chi connectivity index (χ2n) is 8.33. The fourth-order valence-electron chi connectivity index (χ4n) is 4.35. The quantitative estimate of drug-likeness (QED) is 0.698. The summed E-state index contributed by atoms with van der Waals surface area (Å²) in [7, 11) is 2.19. The molecular weight excluding hydrogens is 431 g/mol. The van der Waals surface area contributed by atoms with Gasteiger partial charge >= 0.3 is 0 Å². The van der Waals surface area contributed by atoms with Gasteiger partial charge in [0.05, 0.1) is 0 Å². The van der Waals surface area contributed by atoms with E-state index in [4.69, 9.17) is 5.73 Å². The van der Waals surface area contributed by atoms with Gasteiger partial charge in [0.25, 0.3) is 0 Å². The van der Waals surface area contributed by atoms with Crippen molar-refractivity contribution in [3.05, 3.63) is 35.9 Å². The summed E-state index contributed by atoms with van der Waals surface area (Å²) in [5.41, 5.74) is 6.34. The van der Waals surface area contributed by atoms with Crippen molar-refractivity contribution >= 4 is 43.1 Å². The molecule has 2 fully saturated rings. The fraction of sp³-hybridized carbons (Fsp3) is 0.667. The van der Waals surface area contributed by atoms with Gasteiger partial charge in [0, 0.05) is 12.1 Å². The molecule has 0 saturated carbocycles. The molecule has 2 aliphatic heterocycles. The maximum Gasteiger partial charge on any atom is 0.244 e. The number of nitrogens with two attached hydrogens (primary N) is 1. The number of hydrogen-bond donors (Lipinski definition) is 2. The summed E-state index contributed by atoms with van der Waals surface area (Å²) in [4.78, 5) is 18.0. The highest BCUT2D eigenvalue weighted by Gasteiger charge is 2.41. The van der Waals surface area contributed by atoms with Gasteiger partial charge in [-0.25, -0.2) is 0 Å². The van der Waals surface area contributed by atoms with Crippen LogP contribution in [0.15, 0.2) is 30.3 Å². The third kappa shape index (κ3) is 6.71. The van der Waals surface area contributed by atoms with E-state index in [9.17, 15) is 4.79 Å². The van der Waals surface area contributed by atoms with E-state index in [1.165, 1.54) is 19.3 Å². The summed E-state index contributed by atoms with van der Waals surface area (Å²) in [5, 5.41) is 3.22. The maximum atomic E-state index is 12.9. The maximum absolute atomic E-state index is 12.9. The van der Waals surface area contributed by atoms with Crippen LogP contribution in [0.1, 0.15) is 44.6 Å². The molecule has 0 bridgehead atoms. The standard InChI is InChI=1S/C21H34N4O.3ClH/c1-20(22,18-9-5-3-6-10-18)19(26)23-17-21(11-15-24(2)16-12-21)25-13-7-4-8-14-25;;;/h3,5-6,9-10H,4,7-8,11-17,22H2,1-2H3,(H,23,26);3*1H. The van der Waals surface area contributed by atoms with Crippen LogP contribution < -0.4 is 11.1 Å². The van der Waals surface area contributed by atoms with Crippen LogP contribution in [0.5, 0.6) is 0 Å². The van der Waals surface area contributed by atoms with Crippen LogP contribution in [0, 0.1) is 0 Å². The molecule has 1 unspecified atom stereocenters. The topological polar surface area (TPSA) is 61.6 Å². The smallest absolute Gasteiger partial charge is 0.244 e. The van der Waals surface area contributed by atoms with Crippen molar-refractivity contribution in [3.63, 3.8) is 0 Å². The minimum absolute atomic E-state index is 0. The number of nitrogens with zero attached hydrogens (tertiary/aromatic N) is 2. The van der Waals surface area contributed by atoms with Gasteiger partial charge in [0.15, 0.2) is 0 Å². The van der Waals surface area contributed by atoms with E-state index in [0.29, 0.717) is 6.54 Å². The van der Waals surface area contributed by atoms with E-state index >= 15 is 0 Å². The molecule has 0 aromatic heterocycles. The number of halogens is 3. The predicted octanol–water partition coefficient (Wildman–Crippen LogP) is 3.19. The summed E-state index contributed by atoms with van der Waals surface area (Å²) in [5.74, 6) is -0.0842. The average molecular weight is 468 g/mol. The Kier molecular flexibility index (Phi) is 12.1. The van der Waals surface area contributed by atoms with Gasteiger partial charge < -0.3 is 16.0 Å². The van der Waals surface area contributed by atoms with Gasteiger partial charge in [0.2, 0.25) is 5.91 Å². The van der Waals surface area contributed by atoms with E-state index in [0.717, 1.165) is 44.6 Å². The lowest BCUT2D eigenvalue weighted by molar-refractivity contribution is -0.127. The van der Waals surface area contributed by atoms with Crippen molar-refractivity contribution < 1.29 is 4.79 Å². The minimum atomic E-state index is -1.00. The van der Waals surface area contributed by atoms with Gasteiger partial charge in [-0.05, 0) is 71.4 Å². The number of piperidine rings is 2. The summed E-state index contributed by atoms with van der Waals surface area (Å²) in [6.45, 7) is 6.98. The molecule has 0 aliphatic carbocycles.